The fourth-order valence-corrected chi connectivity index (χ4v) is 2.70. The lowest BCUT2D eigenvalue weighted by Crippen LogP contribution is -2.36. The predicted octanol–water partition coefficient (Wildman–Crippen LogP) is 2.41. The number of hydrogen-bond acceptors (Lipinski definition) is 6. The monoisotopic (exact) mass is 385 g/mol. The molecule has 0 aliphatic heterocycles. The number of guanidine groups is 1. The van der Waals surface area contributed by atoms with Gasteiger partial charge in [-0.3, -0.25) is 10.1 Å². The van der Waals surface area contributed by atoms with Crippen molar-refractivity contribution in [3.05, 3.63) is 40.3 Å². The molecular weight excluding hydrogens is 371 g/mol. The minimum Gasteiger partial charge on any atom is -0.461 e. The average molecular weight is 385 g/mol. The van der Waals surface area contributed by atoms with Crippen molar-refractivity contribution in [3.8, 4) is 11.6 Å². The molecule has 3 N–H and O–H groups in total. The van der Waals surface area contributed by atoms with E-state index in [1.54, 1.807) is 19.2 Å². The first-order valence-electron chi connectivity index (χ1n) is 7.37. The third-order valence-electron chi connectivity index (χ3n) is 3.17. The fourth-order valence-electron chi connectivity index (χ4n) is 1.96. The molecule has 0 saturated carbocycles. The number of nitrogens with zero attached hydrogens (tertiary/aromatic N) is 4. The summed E-state index contributed by atoms with van der Waals surface area (Å²) in [5, 5.41) is 14.0. The number of halogens is 3. The van der Waals surface area contributed by atoms with Crippen LogP contribution in [0, 0.1) is 0 Å². The molecule has 0 saturated heterocycles. The van der Waals surface area contributed by atoms with Crippen LogP contribution >= 0.6 is 11.3 Å². The maximum absolute atomic E-state index is 12.5. The molecule has 0 spiro atoms. The quantitative estimate of drug-likeness (QED) is 0.460. The molecule has 0 aliphatic rings. The summed E-state index contributed by atoms with van der Waals surface area (Å²) in [5.74, 6) is 1.91. The molecule has 26 heavy (non-hydrogen) atoms. The molecule has 3 rings (SSSR count). The molecule has 0 fully saturated rings. The van der Waals surface area contributed by atoms with E-state index in [1.165, 1.54) is 6.26 Å². The second-order valence-corrected chi connectivity index (χ2v) is 5.93. The summed E-state index contributed by atoms with van der Waals surface area (Å²) in [6.07, 6.45) is -2.91. The SMILES string of the molecule is CN=C(NCc1nc(-c2ccco2)n[nH]1)NCc1nc(C(F)(F)F)cs1. The maximum atomic E-state index is 12.5. The second-order valence-electron chi connectivity index (χ2n) is 4.99. The first-order chi connectivity index (χ1) is 12.5. The van der Waals surface area contributed by atoms with Gasteiger partial charge in [0.05, 0.1) is 19.4 Å². The highest BCUT2D eigenvalue weighted by atomic mass is 32.1. The molecule has 0 radical (unpaired) electrons. The third-order valence-corrected chi connectivity index (χ3v) is 4.02. The van der Waals surface area contributed by atoms with Crippen LogP contribution in [0.5, 0.6) is 0 Å². The van der Waals surface area contributed by atoms with Crippen molar-refractivity contribution < 1.29 is 17.6 Å². The highest BCUT2D eigenvalue weighted by molar-refractivity contribution is 7.09. The molecule has 0 amide bonds. The van der Waals surface area contributed by atoms with Gasteiger partial charge in [-0.15, -0.1) is 16.4 Å². The normalized spacial score (nSPS) is 12.4. The van der Waals surface area contributed by atoms with E-state index >= 15 is 0 Å². The molecule has 0 atom stereocenters. The van der Waals surface area contributed by atoms with Gasteiger partial charge in [-0.05, 0) is 12.1 Å². The average Bonchev–Trinajstić information content (AvgIpc) is 3.35. The molecule has 12 heteroatoms. The minimum atomic E-state index is -4.44. The summed E-state index contributed by atoms with van der Waals surface area (Å²) in [6.45, 7) is 0.410. The van der Waals surface area contributed by atoms with Crippen molar-refractivity contribution in [1.29, 1.82) is 0 Å². The Kier molecular flexibility index (Phi) is 5.21. The molecule has 0 bridgehead atoms. The fraction of sp³-hybridized carbons (Fsp3) is 0.286. The Morgan fingerprint density at radius 1 is 1.31 bits per heavy atom. The van der Waals surface area contributed by atoms with Gasteiger partial charge >= 0.3 is 6.18 Å². The summed E-state index contributed by atoms with van der Waals surface area (Å²) < 4.78 is 42.8. The van der Waals surface area contributed by atoms with Gasteiger partial charge in [0.1, 0.15) is 10.8 Å². The van der Waals surface area contributed by atoms with Gasteiger partial charge in [-0.1, -0.05) is 0 Å². The van der Waals surface area contributed by atoms with Crippen LogP contribution in [0.25, 0.3) is 11.6 Å². The standard InChI is InChI=1S/C14H14F3N7OS/c1-18-13(20-6-11-21-9(7-26-11)14(15,16)17)19-5-10-22-12(24-23-10)8-3-2-4-25-8/h2-4,7H,5-6H2,1H3,(H2,18,19,20)(H,22,23,24). The molecule has 0 aromatic carbocycles. The van der Waals surface area contributed by atoms with Gasteiger partial charge in [-0.25, -0.2) is 9.97 Å². The predicted molar refractivity (Wildman–Crippen MR) is 88.2 cm³/mol. The summed E-state index contributed by atoms with van der Waals surface area (Å²) in [4.78, 5) is 11.8. The smallest absolute Gasteiger partial charge is 0.434 e. The van der Waals surface area contributed by atoms with Crippen LogP contribution in [-0.2, 0) is 19.3 Å². The van der Waals surface area contributed by atoms with E-state index in [0.717, 1.165) is 16.7 Å². The van der Waals surface area contributed by atoms with Crippen LogP contribution in [0.4, 0.5) is 13.2 Å². The molecule has 8 nitrogen and oxygen atoms in total. The van der Waals surface area contributed by atoms with Crippen LogP contribution in [0.15, 0.2) is 33.2 Å². The number of aromatic amines is 1. The van der Waals surface area contributed by atoms with Crippen molar-refractivity contribution in [2.75, 3.05) is 7.05 Å². The Hall–Kier alpha value is -2.89. The van der Waals surface area contributed by atoms with E-state index in [-0.39, 0.29) is 6.54 Å². The van der Waals surface area contributed by atoms with Crippen LogP contribution in [0.3, 0.4) is 0 Å². The lowest BCUT2D eigenvalue weighted by atomic mass is 10.4. The highest BCUT2D eigenvalue weighted by Crippen LogP contribution is 2.29. The zero-order chi connectivity index (χ0) is 18.6. The lowest BCUT2D eigenvalue weighted by Gasteiger charge is -2.09. The number of aliphatic imine (C=N–C) groups is 1. The molecule has 3 heterocycles. The maximum Gasteiger partial charge on any atom is 0.434 e. The molecular formula is C14H14F3N7OS. The third kappa shape index (κ3) is 4.39. The van der Waals surface area contributed by atoms with Crippen LogP contribution in [-0.4, -0.2) is 33.2 Å². The number of aromatic nitrogens is 4. The first-order valence-corrected chi connectivity index (χ1v) is 8.25. The Balaban J connectivity index is 1.51. The summed E-state index contributed by atoms with van der Waals surface area (Å²) in [7, 11) is 1.55. The van der Waals surface area contributed by atoms with E-state index in [1.807, 2.05) is 0 Å². The van der Waals surface area contributed by atoms with Crippen molar-refractivity contribution in [3.63, 3.8) is 0 Å². The van der Waals surface area contributed by atoms with E-state index in [2.05, 4.69) is 35.8 Å². The number of nitrogens with one attached hydrogen (secondary N) is 3. The molecule has 0 unspecified atom stereocenters. The number of hydrogen-bond donors (Lipinski definition) is 3. The number of thiazole rings is 1. The van der Waals surface area contributed by atoms with Crippen LogP contribution in [0.2, 0.25) is 0 Å². The Morgan fingerprint density at radius 2 is 2.12 bits per heavy atom. The zero-order valence-electron chi connectivity index (χ0n) is 13.5. The molecule has 0 aliphatic carbocycles. The van der Waals surface area contributed by atoms with Gasteiger partial charge in [0.25, 0.3) is 0 Å². The summed E-state index contributed by atoms with van der Waals surface area (Å²) in [5.41, 5.74) is -0.894. The second kappa shape index (κ2) is 7.56. The number of rotatable bonds is 5. The lowest BCUT2D eigenvalue weighted by molar-refractivity contribution is -0.140. The molecule has 3 aromatic rings. The van der Waals surface area contributed by atoms with Gasteiger partial charge < -0.3 is 15.1 Å². The zero-order valence-corrected chi connectivity index (χ0v) is 14.3. The van der Waals surface area contributed by atoms with Crippen molar-refractivity contribution in [2.24, 2.45) is 4.99 Å². The Bertz CT molecular complexity index is 869. The van der Waals surface area contributed by atoms with E-state index in [0.29, 0.717) is 34.9 Å². The van der Waals surface area contributed by atoms with Gasteiger partial charge in [0.2, 0.25) is 5.82 Å². The Labute approximate surface area is 149 Å². The van der Waals surface area contributed by atoms with E-state index in [9.17, 15) is 13.2 Å². The van der Waals surface area contributed by atoms with E-state index in [4.69, 9.17) is 4.42 Å². The van der Waals surface area contributed by atoms with Crippen molar-refractivity contribution in [2.45, 2.75) is 19.3 Å². The topological polar surface area (TPSA) is 104 Å². The van der Waals surface area contributed by atoms with Crippen molar-refractivity contribution in [1.82, 2.24) is 30.8 Å². The van der Waals surface area contributed by atoms with Gasteiger partial charge in [-0.2, -0.15) is 13.2 Å². The Morgan fingerprint density at radius 3 is 2.77 bits per heavy atom. The molecule has 3 aromatic heterocycles. The van der Waals surface area contributed by atoms with E-state index < -0.39 is 11.9 Å². The molecule has 138 valence electrons. The van der Waals surface area contributed by atoms with Crippen molar-refractivity contribution >= 4 is 17.3 Å². The highest BCUT2D eigenvalue weighted by Gasteiger charge is 2.33. The number of H-pyrrole nitrogens is 1. The number of furan rings is 1. The summed E-state index contributed by atoms with van der Waals surface area (Å²) in [6, 6.07) is 3.47. The van der Waals surface area contributed by atoms with Gasteiger partial charge in [0.15, 0.2) is 17.4 Å². The van der Waals surface area contributed by atoms with Gasteiger partial charge in [0, 0.05) is 12.4 Å². The van der Waals surface area contributed by atoms with Crippen LogP contribution < -0.4 is 10.6 Å². The largest absolute Gasteiger partial charge is 0.461 e. The first kappa shape index (κ1) is 17.9. The minimum absolute atomic E-state index is 0.120. The van der Waals surface area contributed by atoms with Crippen LogP contribution in [0.1, 0.15) is 16.5 Å². The summed E-state index contributed by atoms with van der Waals surface area (Å²) >= 11 is 0.930. The number of alkyl halides is 3.